The topological polar surface area (TPSA) is 29.5 Å². The smallest absolute Gasteiger partial charge is 0.0716 e. The first-order valence-electron chi connectivity index (χ1n) is 8.62. The molecule has 2 nitrogen and oxygen atoms in total. The molecule has 0 aliphatic heterocycles. The van der Waals surface area contributed by atoms with Gasteiger partial charge >= 0.3 is 0 Å². The van der Waals surface area contributed by atoms with Crippen LogP contribution in [0.2, 0.25) is 0 Å². The predicted molar refractivity (Wildman–Crippen MR) is 89.3 cm³/mol. The minimum absolute atomic E-state index is 0.0779. The molecule has 1 unspecified atom stereocenters. The minimum Gasteiger partial charge on any atom is -0.393 e. The van der Waals surface area contributed by atoms with E-state index in [4.69, 9.17) is 4.74 Å². The molecule has 2 heteroatoms. The summed E-state index contributed by atoms with van der Waals surface area (Å²) in [4.78, 5) is 0. The van der Waals surface area contributed by atoms with Gasteiger partial charge in [0.15, 0.2) is 0 Å². The summed E-state index contributed by atoms with van der Waals surface area (Å²) >= 11 is 0. The van der Waals surface area contributed by atoms with Gasteiger partial charge in [0.2, 0.25) is 0 Å². The Morgan fingerprint density at radius 2 is 1.57 bits per heavy atom. The molecule has 0 aromatic heterocycles. The van der Waals surface area contributed by atoms with E-state index >= 15 is 0 Å². The second kappa shape index (κ2) is 12.8. The Morgan fingerprint density at radius 3 is 2.29 bits per heavy atom. The molecule has 1 N–H and O–H groups in total. The summed E-state index contributed by atoms with van der Waals surface area (Å²) in [6.07, 6.45) is 10.2. The molecule has 21 heavy (non-hydrogen) atoms. The first kappa shape index (κ1) is 18.2. The Bertz CT molecular complexity index is 324. The molecule has 0 saturated carbocycles. The van der Waals surface area contributed by atoms with Crippen LogP contribution in [0.3, 0.4) is 0 Å². The molecular formula is C19H32O2. The number of hydrogen-bond acceptors (Lipinski definition) is 2. The van der Waals surface area contributed by atoms with Crippen molar-refractivity contribution < 1.29 is 9.84 Å². The molecule has 1 rings (SSSR count). The minimum atomic E-state index is -0.0779. The number of aliphatic hydroxyl groups excluding tert-OH is 1. The Labute approximate surface area is 130 Å². The van der Waals surface area contributed by atoms with E-state index in [9.17, 15) is 5.11 Å². The highest BCUT2D eigenvalue weighted by atomic mass is 16.5. The van der Waals surface area contributed by atoms with E-state index in [1.807, 2.05) is 18.2 Å². The van der Waals surface area contributed by atoms with Gasteiger partial charge in [-0.2, -0.15) is 0 Å². The van der Waals surface area contributed by atoms with E-state index in [2.05, 4.69) is 19.1 Å². The summed E-state index contributed by atoms with van der Waals surface area (Å²) in [5.41, 5.74) is 1.24. The van der Waals surface area contributed by atoms with E-state index in [0.29, 0.717) is 0 Å². The molecule has 0 aliphatic carbocycles. The highest BCUT2D eigenvalue weighted by molar-refractivity contribution is 5.13. The quantitative estimate of drug-likeness (QED) is 0.513. The largest absolute Gasteiger partial charge is 0.393 e. The Balaban J connectivity index is 1.84. The lowest BCUT2D eigenvalue weighted by Gasteiger charge is -2.09. The zero-order chi connectivity index (χ0) is 15.2. The number of benzene rings is 1. The molecule has 1 aromatic rings. The van der Waals surface area contributed by atoms with Crippen molar-refractivity contribution in [3.05, 3.63) is 35.9 Å². The normalized spacial score (nSPS) is 12.5. The molecular weight excluding hydrogens is 260 g/mol. The summed E-state index contributed by atoms with van der Waals surface area (Å²) in [7, 11) is 0. The van der Waals surface area contributed by atoms with Gasteiger partial charge in [-0.3, -0.25) is 0 Å². The van der Waals surface area contributed by atoms with Gasteiger partial charge in [0.25, 0.3) is 0 Å². The molecule has 0 saturated heterocycles. The fourth-order valence-corrected chi connectivity index (χ4v) is 2.48. The van der Waals surface area contributed by atoms with Crippen LogP contribution < -0.4 is 0 Å². The number of aliphatic hydroxyl groups is 1. The molecule has 0 fully saturated rings. The molecule has 0 spiro atoms. The van der Waals surface area contributed by atoms with Crippen molar-refractivity contribution in [1.82, 2.24) is 0 Å². The zero-order valence-corrected chi connectivity index (χ0v) is 13.6. The van der Waals surface area contributed by atoms with E-state index < -0.39 is 0 Å². The lowest BCUT2D eigenvalue weighted by molar-refractivity contribution is 0.115. The van der Waals surface area contributed by atoms with Gasteiger partial charge in [0.1, 0.15) is 0 Å². The van der Waals surface area contributed by atoms with Crippen LogP contribution in [0, 0.1) is 0 Å². The Morgan fingerprint density at radius 1 is 0.905 bits per heavy atom. The molecule has 0 radical (unpaired) electrons. The fourth-order valence-electron chi connectivity index (χ4n) is 2.48. The third-order valence-corrected chi connectivity index (χ3v) is 3.83. The maximum absolute atomic E-state index is 9.82. The lowest BCUT2D eigenvalue weighted by Crippen LogP contribution is -2.05. The molecule has 0 amide bonds. The van der Waals surface area contributed by atoms with Crippen molar-refractivity contribution in [2.24, 2.45) is 0 Å². The maximum atomic E-state index is 9.82. The highest BCUT2D eigenvalue weighted by Crippen LogP contribution is 2.11. The summed E-state index contributed by atoms with van der Waals surface area (Å²) in [6.45, 7) is 3.76. The van der Waals surface area contributed by atoms with Gasteiger partial charge in [-0.15, -0.1) is 0 Å². The van der Waals surface area contributed by atoms with Gasteiger partial charge < -0.3 is 9.84 Å². The van der Waals surface area contributed by atoms with Crippen LogP contribution in [-0.2, 0) is 11.3 Å². The van der Waals surface area contributed by atoms with Crippen LogP contribution in [0.5, 0.6) is 0 Å². The van der Waals surface area contributed by atoms with Crippen molar-refractivity contribution in [3.8, 4) is 0 Å². The van der Waals surface area contributed by atoms with E-state index in [1.165, 1.54) is 37.7 Å². The lowest BCUT2D eigenvalue weighted by atomic mass is 10.0. The van der Waals surface area contributed by atoms with Crippen molar-refractivity contribution in [1.29, 1.82) is 0 Å². The van der Waals surface area contributed by atoms with Crippen molar-refractivity contribution in [2.45, 2.75) is 77.4 Å². The summed E-state index contributed by atoms with van der Waals surface area (Å²) in [6, 6.07) is 10.3. The van der Waals surface area contributed by atoms with Gasteiger partial charge in [0, 0.05) is 6.61 Å². The van der Waals surface area contributed by atoms with Gasteiger partial charge in [-0.25, -0.2) is 0 Å². The first-order chi connectivity index (χ1) is 10.3. The second-order valence-corrected chi connectivity index (χ2v) is 5.89. The molecule has 0 heterocycles. The summed E-state index contributed by atoms with van der Waals surface area (Å²) in [5.74, 6) is 0. The maximum Gasteiger partial charge on any atom is 0.0716 e. The molecule has 1 atom stereocenters. The molecule has 0 aliphatic rings. The van der Waals surface area contributed by atoms with Crippen LogP contribution in [0.4, 0.5) is 0 Å². The van der Waals surface area contributed by atoms with Crippen molar-refractivity contribution in [3.63, 3.8) is 0 Å². The van der Waals surface area contributed by atoms with Crippen LogP contribution in [0.25, 0.3) is 0 Å². The molecule has 0 bridgehead atoms. The van der Waals surface area contributed by atoms with Crippen molar-refractivity contribution >= 4 is 0 Å². The van der Waals surface area contributed by atoms with Crippen molar-refractivity contribution in [2.75, 3.05) is 6.61 Å². The van der Waals surface area contributed by atoms with Gasteiger partial charge in [-0.1, -0.05) is 75.8 Å². The Hall–Kier alpha value is -0.860. The van der Waals surface area contributed by atoms with Crippen LogP contribution >= 0.6 is 0 Å². The monoisotopic (exact) mass is 292 g/mol. The predicted octanol–water partition coefficient (Wildman–Crippen LogP) is 5.09. The average Bonchev–Trinajstić information content (AvgIpc) is 2.51. The Kier molecular flexibility index (Phi) is 11.1. The van der Waals surface area contributed by atoms with Gasteiger partial charge in [0.05, 0.1) is 12.7 Å². The van der Waals surface area contributed by atoms with E-state index in [1.54, 1.807) is 0 Å². The fraction of sp³-hybridized carbons (Fsp3) is 0.684. The zero-order valence-electron chi connectivity index (χ0n) is 13.6. The van der Waals surface area contributed by atoms with E-state index in [0.717, 1.165) is 38.9 Å². The second-order valence-electron chi connectivity index (χ2n) is 5.89. The number of rotatable bonds is 13. The molecule has 120 valence electrons. The standard InChI is InChI=1S/C19H32O2/c1-2-3-7-14-19(20)15-10-4-5-11-16-21-17-18-12-8-6-9-13-18/h6,8-9,12-13,19-20H,2-5,7,10-11,14-17H2,1H3. The van der Waals surface area contributed by atoms with Crippen LogP contribution in [-0.4, -0.2) is 17.8 Å². The third kappa shape index (κ3) is 10.5. The van der Waals surface area contributed by atoms with E-state index in [-0.39, 0.29) is 6.10 Å². The van der Waals surface area contributed by atoms with Gasteiger partial charge in [-0.05, 0) is 24.8 Å². The average molecular weight is 292 g/mol. The summed E-state index contributed by atoms with van der Waals surface area (Å²) in [5, 5.41) is 9.82. The first-order valence-corrected chi connectivity index (χ1v) is 8.62. The third-order valence-electron chi connectivity index (χ3n) is 3.83. The highest BCUT2D eigenvalue weighted by Gasteiger charge is 2.03. The molecule has 1 aromatic carbocycles. The number of ether oxygens (including phenoxy) is 1. The number of hydrogen-bond donors (Lipinski definition) is 1. The number of unbranched alkanes of at least 4 members (excludes halogenated alkanes) is 5. The SMILES string of the molecule is CCCCCC(O)CCCCCCOCc1ccccc1. The summed E-state index contributed by atoms with van der Waals surface area (Å²) < 4.78 is 5.66. The van der Waals surface area contributed by atoms with Crippen LogP contribution in [0.1, 0.15) is 70.3 Å². The van der Waals surface area contributed by atoms with Crippen LogP contribution in [0.15, 0.2) is 30.3 Å².